The van der Waals surface area contributed by atoms with Crippen LogP contribution in [0.3, 0.4) is 0 Å². The molecule has 1 aromatic heterocycles. The Kier molecular flexibility index (Phi) is 12.1. The quantitative estimate of drug-likeness (QED) is 0.0751. The van der Waals surface area contributed by atoms with Crippen LogP contribution in [-0.2, 0) is 25.6 Å². The number of aromatic amines is 1. The van der Waals surface area contributed by atoms with Gasteiger partial charge in [-0.2, -0.15) is 0 Å². The Bertz CT molecular complexity index is 837. The molecule has 3 atom stereocenters. The molecule has 14 heteroatoms. The number of rotatable bonds is 15. The minimum Gasteiger partial charge on any atom is -0.480 e. The van der Waals surface area contributed by atoms with Gasteiger partial charge in [0.05, 0.1) is 12.9 Å². The average Bonchev–Trinajstić information content (AvgIpc) is 3.27. The highest BCUT2D eigenvalue weighted by Crippen LogP contribution is 2.08. The predicted molar refractivity (Wildman–Crippen MR) is 124 cm³/mol. The second-order valence-corrected chi connectivity index (χ2v) is 8.14. The molecule has 34 heavy (non-hydrogen) atoms. The maximum absolute atomic E-state index is 13.0. The maximum atomic E-state index is 13.0. The topological polar surface area (TPSA) is 244 Å². The first-order chi connectivity index (χ1) is 16.0. The van der Waals surface area contributed by atoms with Gasteiger partial charge < -0.3 is 43.2 Å². The third-order valence-corrected chi connectivity index (χ3v) is 4.72. The van der Waals surface area contributed by atoms with Crippen molar-refractivity contribution in [1.29, 1.82) is 0 Å². The molecule has 1 rings (SSSR count). The summed E-state index contributed by atoms with van der Waals surface area (Å²) in [4.78, 5) is 59.8. The molecule has 0 saturated carbocycles. The smallest absolute Gasteiger partial charge is 0.326 e. The summed E-state index contributed by atoms with van der Waals surface area (Å²) in [7, 11) is 0. The van der Waals surface area contributed by atoms with Crippen LogP contribution in [0.25, 0.3) is 0 Å². The first kappa shape index (κ1) is 28.4. The fraction of sp³-hybridized carbons (Fsp3) is 0.600. The van der Waals surface area contributed by atoms with Crippen molar-refractivity contribution in [2.24, 2.45) is 28.1 Å². The number of nitrogens with two attached hydrogens (primary N) is 3. The number of aliphatic imine (C=N–C) groups is 1. The number of aromatic nitrogens is 2. The molecule has 1 heterocycles. The van der Waals surface area contributed by atoms with E-state index in [9.17, 15) is 24.3 Å². The van der Waals surface area contributed by atoms with Crippen LogP contribution in [0, 0.1) is 5.92 Å². The number of hydrogen-bond acceptors (Lipinski definition) is 7. The van der Waals surface area contributed by atoms with Gasteiger partial charge >= 0.3 is 5.97 Å². The molecule has 1 aromatic rings. The summed E-state index contributed by atoms with van der Waals surface area (Å²) < 4.78 is 0. The lowest BCUT2D eigenvalue weighted by Crippen LogP contribution is -2.56. The molecule has 0 spiro atoms. The summed E-state index contributed by atoms with van der Waals surface area (Å²) >= 11 is 0. The fourth-order valence-electron chi connectivity index (χ4n) is 3.09. The summed E-state index contributed by atoms with van der Waals surface area (Å²) in [6.07, 6.45) is 3.60. The highest BCUT2D eigenvalue weighted by molar-refractivity contribution is 5.93. The van der Waals surface area contributed by atoms with E-state index in [0.717, 1.165) is 0 Å². The zero-order valence-electron chi connectivity index (χ0n) is 19.4. The summed E-state index contributed by atoms with van der Waals surface area (Å²) in [5.74, 6) is -3.09. The van der Waals surface area contributed by atoms with E-state index in [0.29, 0.717) is 18.5 Å². The highest BCUT2D eigenvalue weighted by atomic mass is 16.4. The van der Waals surface area contributed by atoms with Crippen molar-refractivity contribution in [2.45, 2.75) is 57.7 Å². The Hall–Kier alpha value is -3.68. The first-order valence-corrected chi connectivity index (χ1v) is 10.9. The molecule has 0 aliphatic carbocycles. The number of hydrogen-bond donors (Lipinski definition) is 8. The van der Waals surface area contributed by atoms with Crippen LogP contribution >= 0.6 is 0 Å². The number of amides is 3. The van der Waals surface area contributed by atoms with Gasteiger partial charge in [-0.05, 0) is 25.2 Å². The lowest BCUT2D eigenvalue weighted by Gasteiger charge is -2.25. The molecular formula is C20H35N9O5. The van der Waals surface area contributed by atoms with Crippen LogP contribution in [-0.4, -0.2) is 75.9 Å². The number of carboxylic acid groups (broad SMARTS) is 1. The number of H-pyrrole nitrogens is 1. The van der Waals surface area contributed by atoms with Crippen LogP contribution < -0.4 is 33.2 Å². The standard InChI is InChI=1S/C20H35N9O5/c1-11(2)6-14(27-16(30)8-21)18(32)28-13(4-3-5-25-20(22)23)17(31)29-15(19(33)34)7-12-9-24-10-26-12/h9-11,13-15H,3-8,21H2,1-2H3,(H,24,26)(H,27,30)(H,28,32)(H,29,31)(H,33,34)(H4,22,23,25). The van der Waals surface area contributed by atoms with Gasteiger partial charge in [0.25, 0.3) is 0 Å². The van der Waals surface area contributed by atoms with Gasteiger partial charge in [0.1, 0.15) is 18.1 Å². The number of nitrogens with zero attached hydrogens (tertiary/aromatic N) is 2. The van der Waals surface area contributed by atoms with Gasteiger partial charge in [0, 0.05) is 24.9 Å². The molecule has 0 aliphatic rings. The zero-order valence-corrected chi connectivity index (χ0v) is 19.4. The Morgan fingerprint density at radius 2 is 1.74 bits per heavy atom. The van der Waals surface area contributed by atoms with Crippen molar-refractivity contribution in [3.05, 3.63) is 18.2 Å². The zero-order chi connectivity index (χ0) is 25.7. The van der Waals surface area contributed by atoms with Crippen molar-refractivity contribution < 1.29 is 24.3 Å². The van der Waals surface area contributed by atoms with Crippen molar-refractivity contribution in [3.63, 3.8) is 0 Å². The molecule has 0 saturated heterocycles. The van der Waals surface area contributed by atoms with Crippen molar-refractivity contribution in [2.75, 3.05) is 13.1 Å². The summed E-state index contributed by atoms with van der Waals surface area (Å²) in [6.45, 7) is 3.67. The average molecular weight is 482 g/mol. The Morgan fingerprint density at radius 3 is 2.26 bits per heavy atom. The SMILES string of the molecule is CC(C)CC(NC(=O)CN)C(=O)NC(CCCN=C(N)N)C(=O)NC(Cc1cnc[nH]1)C(=O)O. The monoisotopic (exact) mass is 481 g/mol. The molecule has 11 N–H and O–H groups in total. The van der Waals surface area contributed by atoms with E-state index < -0.39 is 41.8 Å². The minimum atomic E-state index is -1.26. The molecule has 0 bridgehead atoms. The normalized spacial score (nSPS) is 13.4. The Balaban J connectivity index is 2.98. The number of aliphatic carboxylic acids is 1. The van der Waals surface area contributed by atoms with E-state index >= 15 is 0 Å². The van der Waals surface area contributed by atoms with E-state index in [4.69, 9.17) is 17.2 Å². The van der Waals surface area contributed by atoms with Gasteiger partial charge in [-0.1, -0.05) is 13.8 Å². The molecule has 14 nitrogen and oxygen atoms in total. The number of nitrogens with one attached hydrogen (secondary N) is 4. The van der Waals surface area contributed by atoms with Gasteiger partial charge in [-0.15, -0.1) is 0 Å². The van der Waals surface area contributed by atoms with Crippen LogP contribution in [0.15, 0.2) is 17.5 Å². The van der Waals surface area contributed by atoms with Crippen molar-refractivity contribution in [3.8, 4) is 0 Å². The maximum Gasteiger partial charge on any atom is 0.326 e. The molecular weight excluding hydrogens is 446 g/mol. The van der Waals surface area contributed by atoms with Gasteiger partial charge in [-0.3, -0.25) is 19.4 Å². The van der Waals surface area contributed by atoms with Crippen LogP contribution in [0.1, 0.15) is 38.8 Å². The van der Waals surface area contributed by atoms with Crippen molar-refractivity contribution >= 4 is 29.7 Å². The van der Waals surface area contributed by atoms with Gasteiger partial charge in [0.15, 0.2) is 5.96 Å². The molecule has 3 amide bonds. The van der Waals surface area contributed by atoms with Crippen LogP contribution in [0.5, 0.6) is 0 Å². The second-order valence-electron chi connectivity index (χ2n) is 8.14. The molecule has 0 aromatic carbocycles. The minimum absolute atomic E-state index is 0.0295. The number of guanidine groups is 1. The predicted octanol–water partition coefficient (Wildman–Crippen LogP) is -2.45. The number of carboxylic acids is 1. The van der Waals surface area contributed by atoms with E-state index in [1.807, 2.05) is 13.8 Å². The third kappa shape index (κ3) is 10.8. The van der Waals surface area contributed by atoms with Crippen molar-refractivity contribution in [1.82, 2.24) is 25.9 Å². The van der Waals surface area contributed by atoms with Gasteiger partial charge in [-0.25, -0.2) is 9.78 Å². The fourth-order valence-corrected chi connectivity index (χ4v) is 3.09. The lowest BCUT2D eigenvalue weighted by molar-refractivity contribution is -0.142. The van der Waals surface area contributed by atoms with E-state index in [1.165, 1.54) is 12.5 Å². The Labute approximate surface area is 197 Å². The van der Waals surface area contributed by atoms with Crippen LogP contribution in [0.4, 0.5) is 0 Å². The summed E-state index contributed by atoms with van der Waals surface area (Å²) in [5.41, 5.74) is 16.5. The highest BCUT2D eigenvalue weighted by Gasteiger charge is 2.30. The number of imidazole rings is 1. The molecule has 0 fully saturated rings. The first-order valence-electron chi connectivity index (χ1n) is 10.9. The Morgan fingerprint density at radius 1 is 1.09 bits per heavy atom. The number of carbonyl (C=O) groups is 4. The third-order valence-electron chi connectivity index (χ3n) is 4.72. The number of carbonyl (C=O) groups excluding carboxylic acids is 3. The van der Waals surface area contributed by atoms with E-state index in [-0.39, 0.29) is 37.8 Å². The van der Waals surface area contributed by atoms with E-state index in [1.54, 1.807) is 0 Å². The molecule has 3 unspecified atom stereocenters. The molecule has 0 aliphatic heterocycles. The molecule has 190 valence electrons. The van der Waals surface area contributed by atoms with E-state index in [2.05, 4.69) is 30.9 Å². The second kappa shape index (κ2) is 14.5. The van der Waals surface area contributed by atoms with Crippen LogP contribution in [0.2, 0.25) is 0 Å². The molecule has 0 radical (unpaired) electrons. The summed E-state index contributed by atoms with van der Waals surface area (Å²) in [6, 6.07) is -3.26. The lowest BCUT2D eigenvalue weighted by atomic mass is 10.0. The summed E-state index contributed by atoms with van der Waals surface area (Å²) in [5, 5.41) is 17.1. The largest absolute Gasteiger partial charge is 0.480 e. The van der Waals surface area contributed by atoms with Gasteiger partial charge in [0.2, 0.25) is 17.7 Å².